The number of carbonyl (C=O) groups excluding carboxylic acids is 1. The van der Waals surface area contributed by atoms with Crippen molar-refractivity contribution in [1.82, 2.24) is 9.97 Å². The number of anilines is 2. The molecule has 1 aliphatic heterocycles. The van der Waals surface area contributed by atoms with Crippen LogP contribution in [0.15, 0.2) is 60.8 Å². The van der Waals surface area contributed by atoms with Crippen LogP contribution in [-0.4, -0.2) is 30.0 Å². The van der Waals surface area contributed by atoms with E-state index in [1.807, 2.05) is 19.2 Å². The zero-order valence-corrected chi connectivity index (χ0v) is 18.1. The van der Waals surface area contributed by atoms with Crippen LogP contribution >= 0.6 is 0 Å². The smallest absolute Gasteiger partial charge is 0.359 e. The van der Waals surface area contributed by atoms with Crippen LogP contribution in [0.5, 0.6) is 0 Å². The van der Waals surface area contributed by atoms with Crippen molar-refractivity contribution in [3.05, 3.63) is 71.9 Å². The zero-order valence-electron chi connectivity index (χ0n) is 18.1. The van der Waals surface area contributed by atoms with Crippen LogP contribution in [0, 0.1) is 0 Å². The summed E-state index contributed by atoms with van der Waals surface area (Å²) < 4.78 is 38.7. The van der Waals surface area contributed by atoms with Crippen molar-refractivity contribution in [1.29, 1.82) is 0 Å². The predicted molar refractivity (Wildman–Crippen MR) is 120 cm³/mol. The lowest BCUT2D eigenvalue weighted by molar-refractivity contribution is -0.137. The highest BCUT2D eigenvalue weighted by molar-refractivity contribution is 5.68. The van der Waals surface area contributed by atoms with E-state index in [1.165, 1.54) is 6.07 Å². The Morgan fingerprint density at radius 3 is 2.53 bits per heavy atom. The van der Waals surface area contributed by atoms with E-state index in [9.17, 15) is 18.0 Å². The molecule has 5 nitrogen and oxygen atoms in total. The highest BCUT2D eigenvalue weighted by Gasteiger charge is 2.32. The molecule has 2 aromatic heterocycles. The Labute approximate surface area is 185 Å². The van der Waals surface area contributed by atoms with Crippen molar-refractivity contribution >= 4 is 18.0 Å². The van der Waals surface area contributed by atoms with Gasteiger partial charge in [0.25, 0.3) is 0 Å². The third kappa shape index (κ3) is 5.43. The summed E-state index contributed by atoms with van der Waals surface area (Å²) in [7, 11) is 1.97. The summed E-state index contributed by atoms with van der Waals surface area (Å²) in [6.07, 6.45) is -1.10. The van der Waals surface area contributed by atoms with E-state index < -0.39 is 11.7 Å². The maximum absolute atomic E-state index is 12.9. The number of carbonyl (C=O) groups is 1. The van der Waals surface area contributed by atoms with Gasteiger partial charge in [0.05, 0.1) is 11.3 Å². The Morgan fingerprint density at radius 2 is 1.88 bits per heavy atom. The molecule has 1 aliphatic rings. The first-order chi connectivity index (χ1) is 15.1. The molecule has 0 saturated carbocycles. The number of rotatable bonds is 3. The summed E-state index contributed by atoms with van der Waals surface area (Å²) >= 11 is 0. The van der Waals surface area contributed by atoms with Gasteiger partial charge in [0.15, 0.2) is 0 Å². The quantitative estimate of drug-likeness (QED) is 0.542. The van der Waals surface area contributed by atoms with Gasteiger partial charge in [-0.25, -0.2) is 9.97 Å². The highest BCUT2D eigenvalue weighted by Crippen LogP contribution is 2.39. The number of amides is 1. The van der Waals surface area contributed by atoms with Crippen molar-refractivity contribution in [2.75, 3.05) is 23.8 Å². The molecule has 4 rings (SSSR count). The number of pyridine rings is 2. The molecule has 0 saturated heterocycles. The van der Waals surface area contributed by atoms with Gasteiger partial charge in [0.2, 0.25) is 6.41 Å². The normalized spacial score (nSPS) is 14.6. The molecule has 0 atom stereocenters. The number of hydrogen-bond acceptors (Lipinski definition) is 4. The van der Waals surface area contributed by atoms with Gasteiger partial charge in [0, 0.05) is 30.9 Å². The molecule has 0 bridgehead atoms. The van der Waals surface area contributed by atoms with Crippen molar-refractivity contribution in [2.45, 2.75) is 31.9 Å². The number of nitrogens with zero attached hydrogens (tertiary/aromatic N) is 3. The lowest BCUT2D eigenvalue weighted by Gasteiger charge is -2.37. The van der Waals surface area contributed by atoms with Crippen LogP contribution in [0.3, 0.4) is 0 Å². The zero-order chi connectivity index (χ0) is 23.4. The first kappa shape index (κ1) is 23.2. The summed E-state index contributed by atoms with van der Waals surface area (Å²) in [6, 6.07) is 14.4. The largest absolute Gasteiger partial charge is 0.416 e. The monoisotopic (exact) mass is 442 g/mol. The second-order valence-corrected chi connectivity index (χ2v) is 8.18. The summed E-state index contributed by atoms with van der Waals surface area (Å²) in [5, 5.41) is 2.42. The molecule has 3 heterocycles. The predicted octanol–water partition coefficient (Wildman–Crippen LogP) is 5.53. The van der Waals surface area contributed by atoms with Gasteiger partial charge in [-0.3, -0.25) is 4.79 Å². The van der Waals surface area contributed by atoms with E-state index >= 15 is 0 Å². The van der Waals surface area contributed by atoms with Crippen molar-refractivity contribution in [3.63, 3.8) is 0 Å². The Bertz CT molecular complexity index is 1070. The van der Waals surface area contributed by atoms with Crippen molar-refractivity contribution in [3.8, 4) is 11.3 Å². The highest BCUT2D eigenvalue weighted by atomic mass is 19.4. The topological polar surface area (TPSA) is 58.1 Å². The van der Waals surface area contributed by atoms with Gasteiger partial charge in [0.1, 0.15) is 11.6 Å². The van der Waals surface area contributed by atoms with Gasteiger partial charge >= 0.3 is 6.18 Å². The van der Waals surface area contributed by atoms with Gasteiger partial charge in [-0.1, -0.05) is 38.1 Å². The molecule has 8 heteroatoms. The molecular formula is C24H25F3N4O. The van der Waals surface area contributed by atoms with Crippen LogP contribution in [0.4, 0.5) is 24.8 Å². The Morgan fingerprint density at radius 1 is 1.09 bits per heavy atom. The van der Waals surface area contributed by atoms with E-state index in [4.69, 9.17) is 0 Å². The van der Waals surface area contributed by atoms with Crippen LogP contribution in [-0.2, 0) is 16.4 Å². The third-order valence-electron chi connectivity index (χ3n) is 5.40. The Hall–Kier alpha value is -3.42. The summed E-state index contributed by atoms with van der Waals surface area (Å²) in [6.45, 7) is 5.23. The summed E-state index contributed by atoms with van der Waals surface area (Å²) in [5.74, 6) is 1.43. The minimum atomic E-state index is -4.34. The van der Waals surface area contributed by atoms with Gasteiger partial charge in [-0.05, 0) is 42.2 Å². The van der Waals surface area contributed by atoms with E-state index in [0.29, 0.717) is 23.5 Å². The minimum Gasteiger partial charge on any atom is -0.359 e. The molecule has 1 N–H and O–H groups in total. The fourth-order valence-corrected chi connectivity index (χ4v) is 3.48. The molecule has 0 fully saturated rings. The molecule has 0 spiro atoms. The molecule has 0 unspecified atom stereocenters. The third-order valence-corrected chi connectivity index (χ3v) is 5.40. The second kappa shape index (κ2) is 9.38. The average molecular weight is 442 g/mol. The van der Waals surface area contributed by atoms with Gasteiger partial charge in [-0.15, -0.1) is 0 Å². The molecule has 0 aliphatic carbocycles. The van der Waals surface area contributed by atoms with Crippen LogP contribution in [0.2, 0.25) is 0 Å². The van der Waals surface area contributed by atoms with Crippen LogP contribution in [0.25, 0.3) is 11.3 Å². The van der Waals surface area contributed by atoms with Crippen LogP contribution in [0.1, 0.15) is 31.4 Å². The number of benzene rings is 1. The molecule has 1 aromatic carbocycles. The summed E-state index contributed by atoms with van der Waals surface area (Å²) in [4.78, 5) is 20.4. The number of nitrogens with one attached hydrogen (secondary N) is 1. The van der Waals surface area contributed by atoms with E-state index in [1.54, 1.807) is 30.5 Å². The second-order valence-electron chi connectivity index (χ2n) is 8.18. The molecular weight excluding hydrogens is 417 g/mol. The molecule has 168 valence electrons. The minimum absolute atomic E-state index is 0.0290. The fraction of sp³-hybridized carbons (Fsp3) is 0.292. The number of alkyl halides is 3. The number of aromatic nitrogens is 2. The Kier molecular flexibility index (Phi) is 6.81. The molecule has 0 radical (unpaired) electrons. The number of halogens is 3. The maximum Gasteiger partial charge on any atom is 0.416 e. The molecule has 32 heavy (non-hydrogen) atoms. The van der Waals surface area contributed by atoms with Gasteiger partial charge in [-0.2, -0.15) is 13.2 Å². The van der Waals surface area contributed by atoms with Crippen molar-refractivity contribution < 1.29 is 18.0 Å². The Balaban J connectivity index is 0.000000269. The first-order valence-electron chi connectivity index (χ1n) is 10.1. The summed E-state index contributed by atoms with van der Waals surface area (Å²) in [5.41, 5.74) is 1.57. The molecule has 1 amide bonds. The lowest BCUT2D eigenvalue weighted by Crippen LogP contribution is -2.35. The lowest BCUT2D eigenvalue weighted by atomic mass is 9.79. The number of fused-ring (bicyclic) bond motifs is 1. The first-order valence-corrected chi connectivity index (χ1v) is 10.1. The van der Waals surface area contributed by atoms with E-state index in [2.05, 4.69) is 34.0 Å². The van der Waals surface area contributed by atoms with Gasteiger partial charge < -0.3 is 10.2 Å². The van der Waals surface area contributed by atoms with Crippen LogP contribution < -0.4 is 10.2 Å². The fourth-order valence-electron chi connectivity index (χ4n) is 3.48. The van der Waals surface area contributed by atoms with E-state index in [-0.39, 0.29) is 5.41 Å². The van der Waals surface area contributed by atoms with E-state index in [0.717, 1.165) is 36.5 Å². The standard InChI is InChI=1S/C18H19F3N2.C6H6N2O/c1-17(2)9-10-23(3)16-14(17)7-8-15(22-16)12-5-4-6-13(11-12)18(19,20)21;9-5-8-6-3-1-2-4-7-6/h4-8,11H,9-10H2,1-3H3;1-5H,(H,7,8,9). The SMILES string of the molecule is CN1CCC(C)(C)c2ccc(-c3cccc(C(F)(F)F)c3)nc21.O=CNc1ccccn1. The van der Waals surface area contributed by atoms with Crippen molar-refractivity contribution in [2.24, 2.45) is 0 Å². The average Bonchev–Trinajstić information content (AvgIpc) is 2.77. The maximum atomic E-state index is 12.9. The molecule has 3 aromatic rings. The number of hydrogen-bond donors (Lipinski definition) is 1.